The fourth-order valence-corrected chi connectivity index (χ4v) is 4.19. The lowest BCUT2D eigenvalue weighted by atomic mass is 9.80. The Kier molecular flexibility index (Phi) is 6.41. The smallest absolute Gasteiger partial charge is 0.169 e. The number of halogens is 5. The molecular weight excluding hydrogens is 371 g/mol. The van der Waals surface area contributed by atoms with E-state index in [0.717, 1.165) is 25.3 Å². The van der Waals surface area contributed by atoms with Crippen LogP contribution in [-0.4, -0.2) is 0 Å². The van der Waals surface area contributed by atoms with Gasteiger partial charge in [-0.15, -0.1) is 0 Å². The fraction of sp³-hybridized carbons (Fsp3) is 0.478. The molecule has 0 aliphatic heterocycles. The minimum atomic E-state index is -1.35. The summed E-state index contributed by atoms with van der Waals surface area (Å²) in [7, 11) is 0. The van der Waals surface area contributed by atoms with Crippen molar-refractivity contribution in [1.29, 1.82) is 0 Å². The zero-order valence-electron chi connectivity index (χ0n) is 16.2. The van der Waals surface area contributed by atoms with Crippen molar-refractivity contribution < 1.29 is 22.0 Å². The molecule has 0 heterocycles. The lowest BCUT2D eigenvalue weighted by molar-refractivity contribution is 0.268. The van der Waals surface area contributed by atoms with Crippen LogP contribution in [0.2, 0.25) is 0 Å². The van der Waals surface area contributed by atoms with E-state index >= 15 is 0 Å². The third-order valence-electron chi connectivity index (χ3n) is 5.95. The summed E-state index contributed by atoms with van der Waals surface area (Å²) in [6.45, 7) is 3.89. The van der Waals surface area contributed by atoms with E-state index in [1.807, 2.05) is 6.92 Å². The average Bonchev–Trinajstić information content (AvgIpc) is 2.71. The highest BCUT2D eigenvalue weighted by atomic mass is 19.2. The summed E-state index contributed by atoms with van der Waals surface area (Å²) in [5, 5.41) is -0.493. The van der Waals surface area contributed by atoms with Crippen LogP contribution in [0.4, 0.5) is 22.0 Å². The van der Waals surface area contributed by atoms with Crippen molar-refractivity contribution in [1.82, 2.24) is 0 Å². The number of hydrogen-bond acceptors (Lipinski definition) is 0. The second-order valence-electron chi connectivity index (χ2n) is 7.73. The first-order chi connectivity index (χ1) is 13.4. The minimum absolute atomic E-state index is 0.139. The normalized spacial score (nSPS) is 21.1. The van der Waals surface area contributed by atoms with Crippen LogP contribution >= 0.6 is 0 Å². The molecule has 2 aromatic carbocycles. The minimum Gasteiger partial charge on any atom is -0.208 e. The van der Waals surface area contributed by atoms with Crippen LogP contribution in [0.3, 0.4) is 0 Å². The highest BCUT2D eigenvalue weighted by molar-refractivity contribution is 5.88. The molecule has 28 heavy (non-hydrogen) atoms. The topological polar surface area (TPSA) is 0 Å². The number of hydrogen-bond donors (Lipinski definition) is 0. The molecule has 0 radical (unpaired) electrons. The van der Waals surface area contributed by atoms with Gasteiger partial charge in [-0.3, -0.25) is 0 Å². The lowest BCUT2D eigenvalue weighted by Crippen LogP contribution is -2.15. The van der Waals surface area contributed by atoms with Gasteiger partial charge in [0.2, 0.25) is 0 Å². The van der Waals surface area contributed by atoms with Crippen LogP contribution in [-0.2, 0) is 6.42 Å². The largest absolute Gasteiger partial charge is 0.208 e. The molecule has 0 spiro atoms. The van der Waals surface area contributed by atoms with E-state index in [1.54, 1.807) is 0 Å². The van der Waals surface area contributed by atoms with Crippen LogP contribution in [0, 0.1) is 29.3 Å². The third kappa shape index (κ3) is 3.81. The lowest BCUT2D eigenvalue weighted by Gasteiger charge is -2.27. The molecule has 3 rings (SSSR count). The molecule has 0 bridgehead atoms. The van der Waals surface area contributed by atoms with Gasteiger partial charge in [0.1, 0.15) is 11.6 Å². The Hall–Kier alpha value is -1.91. The van der Waals surface area contributed by atoms with Crippen LogP contribution in [0.5, 0.6) is 0 Å². The molecular formula is C23H25F5. The molecule has 0 nitrogen and oxygen atoms in total. The molecule has 0 aromatic heterocycles. The van der Waals surface area contributed by atoms with Crippen molar-refractivity contribution in [3.63, 3.8) is 0 Å². The summed E-state index contributed by atoms with van der Waals surface area (Å²) in [6.07, 6.45) is 4.55. The van der Waals surface area contributed by atoms with Crippen LogP contribution in [0.1, 0.15) is 63.5 Å². The molecule has 1 aliphatic rings. The first-order valence-corrected chi connectivity index (χ1v) is 10.0. The zero-order valence-corrected chi connectivity index (χ0v) is 16.2. The molecule has 1 aliphatic carbocycles. The van der Waals surface area contributed by atoms with Crippen molar-refractivity contribution in [3.05, 3.63) is 52.6 Å². The Morgan fingerprint density at radius 2 is 1.61 bits per heavy atom. The van der Waals surface area contributed by atoms with Crippen molar-refractivity contribution >= 4 is 16.6 Å². The van der Waals surface area contributed by atoms with E-state index in [-0.39, 0.29) is 10.9 Å². The number of rotatable bonds is 5. The molecule has 152 valence electrons. The Morgan fingerprint density at radius 1 is 0.929 bits per heavy atom. The highest BCUT2D eigenvalue weighted by Gasteiger charge is 2.28. The van der Waals surface area contributed by atoms with E-state index in [0.29, 0.717) is 31.6 Å². The predicted octanol–water partition coefficient (Wildman–Crippen LogP) is 8.03. The van der Waals surface area contributed by atoms with E-state index in [9.17, 15) is 22.0 Å². The van der Waals surface area contributed by atoms with Gasteiger partial charge in [-0.2, -0.15) is 0 Å². The molecule has 0 amide bonds. The van der Waals surface area contributed by atoms with Gasteiger partial charge in [-0.1, -0.05) is 32.8 Å². The Balaban J connectivity index is 2.02. The number of aryl methyl sites for hydroxylation is 1. The maximum absolute atomic E-state index is 14.9. The summed E-state index contributed by atoms with van der Waals surface area (Å²) < 4.78 is 73.0. The average molecular weight is 396 g/mol. The molecule has 0 saturated heterocycles. The number of fused-ring (bicyclic) bond motifs is 1. The van der Waals surface area contributed by atoms with E-state index < -0.39 is 46.0 Å². The van der Waals surface area contributed by atoms with Gasteiger partial charge < -0.3 is 0 Å². The van der Waals surface area contributed by atoms with Crippen LogP contribution in [0.25, 0.3) is 16.6 Å². The van der Waals surface area contributed by atoms with E-state index in [2.05, 4.69) is 6.92 Å². The summed E-state index contributed by atoms with van der Waals surface area (Å²) in [5.41, 5.74) is -0.501. The molecule has 2 aromatic rings. The Bertz CT molecular complexity index is 892. The summed E-state index contributed by atoms with van der Waals surface area (Å²) in [4.78, 5) is 0. The first-order valence-electron chi connectivity index (χ1n) is 10.0. The zero-order chi connectivity index (χ0) is 20.4. The summed E-state index contributed by atoms with van der Waals surface area (Å²) in [6, 6.07) is 3.79. The Morgan fingerprint density at radius 3 is 2.21 bits per heavy atom. The second kappa shape index (κ2) is 8.62. The molecule has 1 saturated carbocycles. The predicted molar refractivity (Wildman–Crippen MR) is 103 cm³/mol. The van der Waals surface area contributed by atoms with Crippen LogP contribution < -0.4 is 0 Å². The van der Waals surface area contributed by atoms with Crippen molar-refractivity contribution in [2.75, 3.05) is 0 Å². The van der Waals surface area contributed by atoms with Crippen molar-refractivity contribution in [2.24, 2.45) is 11.8 Å². The van der Waals surface area contributed by atoms with Gasteiger partial charge in [-0.05, 0) is 61.1 Å². The van der Waals surface area contributed by atoms with Gasteiger partial charge in [0.05, 0.1) is 5.39 Å². The maximum Gasteiger partial charge on any atom is 0.169 e. The third-order valence-corrected chi connectivity index (χ3v) is 5.95. The first kappa shape index (κ1) is 20.8. The van der Waals surface area contributed by atoms with Gasteiger partial charge in [-0.25, -0.2) is 22.0 Å². The van der Waals surface area contributed by atoms with E-state index in [4.69, 9.17) is 0 Å². The monoisotopic (exact) mass is 396 g/mol. The van der Waals surface area contributed by atoms with Crippen LogP contribution in [0.15, 0.2) is 24.0 Å². The van der Waals surface area contributed by atoms with Crippen molar-refractivity contribution in [2.45, 2.75) is 58.8 Å². The number of benzene rings is 2. The van der Waals surface area contributed by atoms with Gasteiger partial charge >= 0.3 is 0 Å². The molecule has 1 fully saturated rings. The van der Waals surface area contributed by atoms with Gasteiger partial charge in [0.15, 0.2) is 17.5 Å². The van der Waals surface area contributed by atoms with Gasteiger partial charge in [0.25, 0.3) is 0 Å². The molecule has 0 atom stereocenters. The van der Waals surface area contributed by atoms with Crippen molar-refractivity contribution in [3.8, 4) is 0 Å². The standard InChI is InChI=1S/C23H25F5/c1-3-5-16-12-15-10-11-17(21(26)18(15)23(28)20(16)25)22(27)19(24)14-8-6-13(4-2)7-9-14/h10-14H,3-9H2,1-2H3. The maximum atomic E-state index is 14.9. The molecule has 0 unspecified atom stereocenters. The fourth-order valence-electron chi connectivity index (χ4n) is 4.19. The SMILES string of the molecule is CCCc1cc2ccc(C(F)=C(F)C3CCC(CC)CC3)c(F)c2c(F)c1F. The summed E-state index contributed by atoms with van der Waals surface area (Å²) >= 11 is 0. The van der Waals surface area contributed by atoms with E-state index in [1.165, 1.54) is 12.1 Å². The summed E-state index contributed by atoms with van der Waals surface area (Å²) in [5.74, 6) is -6.12. The molecule has 0 N–H and O–H groups in total. The highest BCUT2D eigenvalue weighted by Crippen LogP contribution is 2.40. The second-order valence-corrected chi connectivity index (χ2v) is 7.73. The molecule has 5 heteroatoms. The number of allylic oxidation sites excluding steroid dienone is 1. The quantitative estimate of drug-likeness (QED) is 0.449. The van der Waals surface area contributed by atoms with Gasteiger partial charge in [0, 0.05) is 11.5 Å². The Labute approximate surface area is 162 Å².